The molecule has 0 aliphatic rings. The highest BCUT2D eigenvalue weighted by molar-refractivity contribution is 5.61. The first-order valence-electron chi connectivity index (χ1n) is 4.67. The molecule has 0 aromatic rings. The summed E-state index contributed by atoms with van der Waals surface area (Å²) in [7, 11) is 0. The highest BCUT2D eigenvalue weighted by Gasteiger charge is 2.22. The number of carboxylic acid groups (broad SMARTS) is 2. The molecule has 6 nitrogen and oxygen atoms in total. The van der Waals surface area contributed by atoms with Crippen molar-refractivity contribution in [3.63, 3.8) is 0 Å². The Labute approximate surface area is 95.2 Å². The van der Waals surface area contributed by atoms with Crippen LogP contribution in [0.3, 0.4) is 0 Å². The molecular weight excluding hydrogens is 216 g/mol. The summed E-state index contributed by atoms with van der Waals surface area (Å²) in [5.74, 6) is 0. The molecule has 2 N–H and O–H groups in total. The van der Waals surface area contributed by atoms with Crippen molar-refractivity contribution in [3.8, 4) is 0 Å². The standard InChI is InChI=1S/C9H18O3.CH2O3/c1-8(2,3)11-7(10)12-9(4,5)6;2-1(3)4/h1-6H3;(H2,2,3,4). The molecule has 0 aliphatic heterocycles. The van der Waals surface area contributed by atoms with E-state index in [1.807, 2.05) is 0 Å². The van der Waals surface area contributed by atoms with E-state index < -0.39 is 23.5 Å². The molecule has 0 atom stereocenters. The lowest BCUT2D eigenvalue weighted by atomic mass is 10.2. The third-order valence-electron chi connectivity index (χ3n) is 0.779. The summed E-state index contributed by atoms with van der Waals surface area (Å²) in [4.78, 5) is 19.6. The van der Waals surface area contributed by atoms with E-state index in [9.17, 15) is 4.79 Å². The summed E-state index contributed by atoms with van der Waals surface area (Å²) in [5.41, 5.74) is -0.968. The van der Waals surface area contributed by atoms with Gasteiger partial charge in [-0.2, -0.15) is 0 Å². The van der Waals surface area contributed by atoms with E-state index in [1.54, 1.807) is 41.5 Å². The third kappa shape index (κ3) is 22.9. The van der Waals surface area contributed by atoms with Gasteiger partial charge < -0.3 is 19.7 Å². The molecule has 96 valence electrons. The van der Waals surface area contributed by atoms with Gasteiger partial charge in [-0.25, -0.2) is 9.59 Å². The quantitative estimate of drug-likeness (QED) is 0.628. The Balaban J connectivity index is 0. The van der Waals surface area contributed by atoms with Gasteiger partial charge in [0.25, 0.3) is 0 Å². The maximum Gasteiger partial charge on any atom is 0.509 e. The van der Waals surface area contributed by atoms with Crippen LogP contribution in [0.25, 0.3) is 0 Å². The van der Waals surface area contributed by atoms with Crippen LogP contribution in [-0.4, -0.2) is 33.7 Å². The Morgan fingerprint density at radius 1 is 0.812 bits per heavy atom. The average Bonchev–Trinajstić information content (AvgIpc) is 1.72. The summed E-state index contributed by atoms with van der Waals surface area (Å²) in [6.45, 7) is 10.8. The zero-order valence-corrected chi connectivity index (χ0v) is 10.5. The number of rotatable bonds is 0. The molecule has 0 radical (unpaired) electrons. The number of ether oxygens (including phenoxy) is 2. The van der Waals surface area contributed by atoms with E-state index in [0.717, 1.165) is 0 Å². The highest BCUT2D eigenvalue weighted by Crippen LogP contribution is 2.13. The van der Waals surface area contributed by atoms with Gasteiger partial charge in [-0.15, -0.1) is 0 Å². The van der Waals surface area contributed by atoms with Crippen molar-refractivity contribution < 1.29 is 29.3 Å². The van der Waals surface area contributed by atoms with Crippen LogP contribution in [0.1, 0.15) is 41.5 Å². The lowest BCUT2D eigenvalue weighted by Gasteiger charge is -2.24. The van der Waals surface area contributed by atoms with Crippen LogP contribution >= 0.6 is 0 Å². The minimum atomic E-state index is -1.83. The van der Waals surface area contributed by atoms with Crippen molar-refractivity contribution in [1.29, 1.82) is 0 Å². The summed E-state index contributed by atoms with van der Waals surface area (Å²) < 4.78 is 9.91. The Bertz CT molecular complexity index is 211. The number of hydrogen-bond donors (Lipinski definition) is 2. The van der Waals surface area contributed by atoms with Gasteiger partial charge in [-0.3, -0.25) is 0 Å². The zero-order chi connectivity index (χ0) is 13.6. The summed E-state index contributed by atoms with van der Waals surface area (Å²) in [6.07, 6.45) is -2.45. The van der Waals surface area contributed by atoms with Gasteiger partial charge in [-0.05, 0) is 41.5 Å². The second-order valence-electron chi connectivity index (χ2n) is 4.96. The fraction of sp³-hybridized carbons (Fsp3) is 0.800. The van der Waals surface area contributed by atoms with Crippen LogP contribution in [0, 0.1) is 0 Å². The van der Waals surface area contributed by atoms with Crippen LogP contribution in [0.5, 0.6) is 0 Å². The Hall–Kier alpha value is -1.46. The summed E-state index contributed by atoms with van der Waals surface area (Å²) >= 11 is 0. The molecule has 0 heterocycles. The van der Waals surface area contributed by atoms with Gasteiger partial charge >= 0.3 is 12.3 Å². The Morgan fingerprint density at radius 3 is 1.12 bits per heavy atom. The molecule has 0 spiro atoms. The fourth-order valence-corrected chi connectivity index (χ4v) is 0.521. The SMILES string of the molecule is CC(C)(C)OC(=O)OC(C)(C)C.O=C(O)O. The van der Waals surface area contributed by atoms with Crippen molar-refractivity contribution in [2.75, 3.05) is 0 Å². The highest BCUT2D eigenvalue weighted by atomic mass is 16.7. The number of carbonyl (C=O) groups is 2. The van der Waals surface area contributed by atoms with E-state index >= 15 is 0 Å². The Morgan fingerprint density at radius 2 is 1.00 bits per heavy atom. The number of hydrogen-bond acceptors (Lipinski definition) is 4. The minimum absolute atomic E-state index is 0.484. The van der Waals surface area contributed by atoms with Gasteiger partial charge in [0.2, 0.25) is 0 Å². The molecule has 0 saturated carbocycles. The summed E-state index contributed by atoms with van der Waals surface area (Å²) in [6, 6.07) is 0. The molecule has 16 heavy (non-hydrogen) atoms. The molecular formula is C10H20O6. The van der Waals surface area contributed by atoms with Crippen molar-refractivity contribution in [1.82, 2.24) is 0 Å². The molecule has 6 heteroatoms. The molecule has 0 aliphatic carbocycles. The molecule has 0 unspecified atom stereocenters. The topological polar surface area (TPSA) is 93.1 Å². The first-order valence-corrected chi connectivity index (χ1v) is 4.67. The van der Waals surface area contributed by atoms with Crippen LogP contribution in [0.4, 0.5) is 9.59 Å². The molecule has 0 rings (SSSR count). The first kappa shape index (κ1) is 17.0. The van der Waals surface area contributed by atoms with Gasteiger partial charge in [0, 0.05) is 0 Å². The molecule has 0 bridgehead atoms. The third-order valence-corrected chi connectivity index (χ3v) is 0.779. The van der Waals surface area contributed by atoms with Crippen LogP contribution in [-0.2, 0) is 9.47 Å². The minimum Gasteiger partial charge on any atom is -0.450 e. The second-order valence-corrected chi connectivity index (χ2v) is 4.96. The van der Waals surface area contributed by atoms with Crippen molar-refractivity contribution >= 4 is 12.3 Å². The molecule has 0 fully saturated rings. The van der Waals surface area contributed by atoms with E-state index in [4.69, 9.17) is 24.5 Å². The maximum absolute atomic E-state index is 11.0. The van der Waals surface area contributed by atoms with E-state index in [2.05, 4.69) is 0 Å². The average molecular weight is 236 g/mol. The molecule has 0 saturated heterocycles. The first-order chi connectivity index (χ1) is 6.83. The number of carbonyl (C=O) groups excluding carboxylic acids is 1. The van der Waals surface area contributed by atoms with E-state index in [-0.39, 0.29) is 0 Å². The summed E-state index contributed by atoms with van der Waals surface area (Å²) in [5, 5.41) is 13.9. The van der Waals surface area contributed by atoms with Crippen LogP contribution < -0.4 is 0 Å². The smallest absolute Gasteiger partial charge is 0.450 e. The van der Waals surface area contributed by atoms with Gasteiger partial charge in [-0.1, -0.05) is 0 Å². The van der Waals surface area contributed by atoms with Crippen molar-refractivity contribution in [3.05, 3.63) is 0 Å². The van der Waals surface area contributed by atoms with Crippen molar-refractivity contribution in [2.24, 2.45) is 0 Å². The molecule has 0 aromatic carbocycles. The normalized spacial score (nSPS) is 10.9. The zero-order valence-electron chi connectivity index (χ0n) is 10.5. The Kier molecular flexibility index (Phi) is 6.56. The van der Waals surface area contributed by atoms with Crippen molar-refractivity contribution in [2.45, 2.75) is 52.7 Å². The lowest BCUT2D eigenvalue weighted by Crippen LogP contribution is -2.30. The maximum atomic E-state index is 11.0. The van der Waals surface area contributed by atoms with Gasteiger partial charge in [0.15, 0.2) is 0 Å². The molecule has 0 aromatic heterocycles. The van der Waals surface area contributed by atoms with E-state index in [0.29, 0.717) is 0 Å². The largest absolute Gasteiger partial charge is 0.509 e. The predicted octanol–water partition coefficient (Wildman–Crippen LogP) is 2.96. The predicted molar refractivity (Wildman–Crippen MR) is 57.7 cm³/mol. The van der Waals surface area contributed by atoms with Crippen LogP contribution in [0.15, 0.2) is 0 Å². The molecule has 0 amide bonds. The van der Waals surface area contributed by atoms with Crippen LogP contribution in [0.2, 0.25) is 0 Å². The lowest BCUT2D eigenvalue weighted by molar-refractivity contribution is -0.0468. The monoisotopic (exact) mass is 236 g/mol. The second kappa shape index (κ2) is 6.19. The van der Waals surface area contributed by atoms with E-state index in [1.165, 1.54) is 0 Å². The van der Waals surface area contributed by atoms with Gasteiger partial charge in [0.05, 0.1) is 0 Å². The fourth-order valence-electron chi connectivity index (χ4n) is 0.521. The van der Waals surface area contributed by atoms with Gasteiger partial charge in [0.1, 0.15) is 11.2 Å².